The summed E-state index contributed by atoms with van der Waals surface area (Å²) in [6.07, 6.45) is -0.200. The fourth-order valence-electron chi connectivity index (χ4n) is 1.99. The highest BCUT2D eigenvalue weighted by Crippen LogP contribution is 2.08. The molecule has 6 heteroatoms. The number of hydrogen-bond acceptors (Lipinski definition) is 5. The first-order valence-corrected chi connectivity index (χ1v) is 7.62. The molecule has 1 atom stereocenters. The normalized spacial score (nSPS) is 11.4. The fourth-order valence-corrected chi connectivity index (χ4v) is 1.99. The molecule has 2 aromatic carbocycles. The number of esters is 1. The summed E-state index contributed by atoms with van der Waals surface area (Å²) in [5.74, 6) is -0.0612. The number of amides is 1. The first-order valence-electron chi connectivity index (χ1n) is 7.62. The molecule has 3 N–H and O–H groups in total. The quantitative estimate of drug-likeness (QED) is 0.598. The molecule has 0 aliphatic carbocycles. The second-order valence-electron chi connectivity index (χ2n) is 5.09. The number of carbonyl (C=O) groups excluding carboxylic acids is 2. The van der Waals surface area contributed by atoms with Crippen LogP contribution in [0.15, 0.2) is 60.7 Å². The Morgan fingerprint density at radius 2 is 1.62 bits per heavy atom. The van der Waals surface area contributed by atoms with Crippen LogP contribution in [-0.4, -0.2) is 31.3 Å². The summed E-state index contributed by atoms with van der Waals surface area (Å²) in [5, 5.41) is 2.50. The van der Waals surface area contributed by atoms with E-state index in [0.717, 1.165) is 5.56 Å². The fraction of sp³-hybridized carbons (Fsp3) is 0.222. The van der Waals surface area contributed by atoms with Crippen molar-refractivity contribution < 1.29 is 19.1 Å². The first-order chi connectivity index (χ1) is 11.6. The van der Waals surface area contributed by atoms with E-state index in [4.69, 9.17) is 15.2 Å². The number of nitrogens with one attached hydrogen (secondary N) is 1. The van der Waals surface area contributed by atoms with Crippen LogP contribution in [0.3, 0.4) is 0 Å². The predicted molar refractivity (Wildman–Crippen MR) is 89.5 cm³/mol. The Labute approximate surface area is 140 Å². The molecule has 0 saturated carbocycles. The van der Waals surface area contributed by atoms with Crippen molar-refractivity contribution in [3.8, 4) is 5.75 Å². The Bertz CT molecular complexity index is 647. The molecule has 0 bridgehead atoms. The van der Waals surface area contributed by atoms with Crippen molar-refractivity contribution in [2.24, 2.45) is 5.73 Å². The van der Waals surface area contributed by atoms with Gasteiger partial charge in [0.25, 0.3) is 0 Å². The standard InChI is InChI=1S/C18H20N2O4/c19-16(13-14-7-3-1-4-8-14)17(21)23-12-11-20-18(22)24-15-9-5-2-6-10-15/h1-10,16H,11-13,19H2,(H,20,22). The molecule has 2 rings (SSSR count). The zero-order valence-electron chi connectivity index (χ0n) is 13.2. The highest BCUT2D eigenvalue weighted by atomic mass is 16.6. The molecule has 0 fully saturated rings. The van der Waals surface area contributed by atoms with Crippen molar-refractivity contribution >= 4 is 12.1 Å². The highest BCUT2D eigenvalue weighted by molar-refractivity contribution is 5.76. The van der Waals surface area contributed by atoms with Crippen LogP contribution in [0.4, 0.5) is 4.79 Å². The first kappa shape index (κ1) is 17.5. The summed E-state index contributed by atoms with van der Waals surface area (Å²) in [5.41, 5.74) is 6.77. The van der Waals surface area contributed by atoms with E-state index < -0.39 is 18.1 Å². The summed E-state index contributed by atoms with van der Waals surface area (Å²) in [6.45, 7) is 0.181. The van der Waals surface area contributed by atoms with E-state index in [1.165, 1.54) is 0 Å². The Hall–Kier alpha value is -2.86. The van der Waals surface area contributed by atoms with E-state index in [2.05, 4.69) is 5.32 Å². The highest BCUT2D eigenvalue weighted by Gasteiger charge is 2.15. The lowest BCUT2D eigenvalue weighted by Gasteiger charge is -2.12. The van der Waals surface area contributed by atoms with Crippen LogP contribution in [0.5, 0.6) is 5.75 Å². The summed E-state index contributed by atoms with van der Waals surface area (Å²) in [7, 11) is 0. The average molecular weight is 328 g/mol. The van der Waals surface area contributed by atoms with E-state index in [1.807, 2.05) is 36.4 Å². The van der Waals surface area contributed by atoms with Gasteiger partial charge in [-0.3, -0.25) is 4.79 Å². The number of rotatable bonds is 7. The number of para-hydroxylation sites is 1. The monoisotopic (exact) mass is 328 g/mol. The van der Waals surface area contributed by atoms with Crippen LogP contribution < -0.4 is 15.8 Å². The van der Waals surface area contributed by atoms with Crippen molar-refractivity contribution in [2.75, 3.05) is 13.2 Å². The molecular formula is C18H20N2O4. The molecule has 0 spiro atoms. The second-order valence-corrected chi connectivity index (χ2v) is 5.09. The smallest absolute Gasteiger partial charge is 0.412 e. The summed E-state index contributed by atoms with van der Waals surface area (Å²) in [6, 6.07) is 17.4. The van der Waals surface area contributed by atoms with E-state index in [1.54, 1.807) is 24.3 Å². The van der Waals surface area contributed by atoms with Crippen LogP contribution >= 0.6 is 0 Å². The lowest BCUT2D eigenvalue weighted by molar-refractivity contribution is -0.145. The molecule has 0 aromatic heterocycles. The van der Waals surface area contributed by atoms with Crippen LogP contribution in [-0.2, 0) is 16.0 Å². The largest absolute Gasteiger partial charge is 0.463 e. The lowest BCUT2D eigenvalue weighted by atomic mass is 10.1. The van der Waals surface area contributed by atoms with Crippen LogP contribution in [0.1, 0.15) is 5.56 Å². The van der Waals surface area contributed by atoms with Gasteiger partial charge in [-0.2, -0.15) is 0 Å². The van der Waals surface area contributed by atoms with Gasteiger partial charge < -0.3 is 20.5 Å². The van der Waals surface area contributed by atoms with Crippen LogP contribution in [0.25, 0.3) is 0 Å². The summed E-state index contributed by atoms with van der Waals surface area (Å²) in [4.78, 5) is 23.3. The van der Waals surface area contributed by atoms with Gasteiger partial charge in [0.1, 0.15) is 18.4 Å². The zero-order valence-corrected chi connectivity index (χ0v) is 13.2. The van der Waals surface area contributed by atoms with Crippen LogP contribution in [0.2, 0.25) is 0 Å². The maximum atomic E-state index is 11.8. The van der Waals surface area contributed by atoms with E-state index in [9.17, 15) is 9.59 Å². The van der Waals surface area contributed by atoms with Gasteiger partial charge in [0.15, 0.2) is 0 Å². The average Bonchev–Trinajstić information content (AvgIpc) is 2.60. The van der Waals surface area contributed by atoms with E-state index >= 15 is 0 Å². The van der Waals surface area contributed by atoms with Gasteiger partial charge in [0, 0.05) is 0 Å². The zero-order chi connectivity index (χ0) is 17.2. The van der Waals surface area contributed by atoms with Gasteiger partial charge in [-0.05, 0) is 24.1 Å². The van der Waals surface area contributed by atoms with E-state index in [-0.39, 0.29) is 13.2 Å². The van der Waals surface area contributed by atoms with Crippen molar-refractivity contribution in [2.45, 2.75) is 12.5 Å². The summed E-state index contributed by atoms with van der Waals surface area (Å²) >= 11 is 0. The third kappa shape index (κ3) is 6.10. The van der Waals surface area contributed by atoms with Gasteiger partial charge in [0.2, 0.25) is 0 Å². The van der Waals surface area contributed by atoms with E-state index in [0.29, 0.717) is 12.2 Å². The van der Waals surface area contributed by atoms with Gasteiger partial charge in [-0.15, -0.1) is 0 Å². The molecular weight excluding hydrogens is 308 g/mol. The van der Waals surface area contributed by atoms with Gasteiger partial charge in [0.05, 0.1) is 6.54 Å². The Balaban J connectivity index is 1.62. The number of nitrogens with two attached hydrogens (primary N) is 1. The molecule has 24 heavy (non-hydrogen) atoms. The predicted octanol–water partition coefficient (Wildman–Crippen LogP) is 1.89. The van der Waals surface area contributed by atoms with Crippen molar-refractivity contribution in [1.29, 1.82) is 0 Å². The minimum Gasteiger partial charge on any atom is -0.463 e. The topological polar surface area (TPSA) is 90.7 Å². The number of ether oxygens (including phenoxy) is 2. The second kappa shape index (κ2) is 9.32. The molecule has 0 radical (unpaired) electrons. The van der Waals surface area contributed by atoms with Gasteiger partial charge >= 0.3 is 12.1 Å². The molecule has 1 unspecified atom stereocenters. The van der Waals surface area contributed by atoms with Crippen LogP contribution in [0, 0.1) is 0 Å². The maximum Gasteiger partial charge on any atom is 0.412 e. The molecule has 0 heterocycles. The SMILES string of the molecule is NC(Cc1ccccc1)C(=O)OCCNC(=O)Oc1ccccc1. The Morgan fingerprint density at radius 1 is 1.00 bits per heavy atom. The number of hydrogen-bond donors (Lipinski definition) is 2. The molecule has 1 amide bonds. The van der Waals surface area contributed by atoms with Gasteiger partial charge in [-0.25, -0.2) is 4.79 Å². The molecule has 0 aliphatic rings. The third-order valence-corrected chi connectivity index (χ3v) is 3.17. The third-order valence-electron chi connectivity index (χ3n) is 3.17. The summed E-state index contributed by atoms with van der Waals surface area (Å²) < 4.78 is 10.1. The van der Waals surface area contributed by atoms with Crippen molar-refractivity contribution in [1.82, 2.24) is 5.32 Å². The Morgan fingerprint density at radius 3 is 2.29 bits per heavy atom. The maximum absolute atomic E-state index is 11.8. The van der Waals surface area contributed by atoms with Crippen molar-refractivity contribution in [3.05, 3.63) is 66.2 Å². The molecule has 2 aromatic rings. The molecule has 126 valence electrons. The minimum atomic E-state index is -0.733. The number of carbonyl (C=O) groups is 2. The Kier molecular flexibility index (Phi) is 6.79. The van der Waals surface area contributed by atoms with Gasteiger partial charge in [-0.1, -0.05) is 48.5 Å². The molecule has 0 aliphatic heterocycles. The lowest BCUT2D eigenvalue weighted by Crippen LogP contribution is -2.36. The van der Waals surface area contributed by atoms with Crippen molar-refractivity contribution in [3.63, 3.8) is 0 Å². The molecule has 0 saturated heterocycles. The molecule has 6 nitrogen and oxygen atoms in total. The minimum absolute atomic E-state index is 0.0329. The number of benzene rings is 2.